The Balaban J connectivity index is 2.53. The Bertz CT molecular complexity index is 542. The van der Waals surface area contributed by atoms with Gasteiger partial charge in [-0.1, -0.05) is 0 Å². The molecule has 0 spiro atoms. The van der Waals surface area contributed by atoms with E-state index in [-0.39, 0.29) is 13.2 Å². The van der Waals surface area contributed by atoms with Gasteiger partial charge in [-0.15, -0.1) is 10.1 Å². The smallest absolute Gasteiger partial charge is 0.330 e. The maximum atomic E-state index is 11.3. The number of hydrogen-bond acceptors (Lipinski definition) is 7. The summed E-state index contributed by atoms with van der Waals surface area (Å²) in [6.07, 6.45) is 2.68. The molecule has 0 N–H and O–H groups in total. The molecule has 0 amide bonds. The molecule has 1 aromatic rings. The largest absolute Gasteiger partial charge is 0.460 e. The van der Waals surface area contributed by atoms with E-state index in [1.54, 1.807) is 6.92 Å². The zero-order chi connectivity index (χ0) is 15.1. The van der Waals surface area contributed by atoms with Gasteiger partial charge in [0.25, 0.3) is 5.09 Å². The molecule has 0 aliphatic carbocycles. The molecule has 0 radical (unpaired) electrons. The fourth-order valence-electron chi connectivity index (χ4n) is 1.34. The summed E-state index contributed by atoms with van der Waals surface area (Å²) in [6, 6.07) is 0. The molecule has 1 rings (SSSR count). The van der Waals surface area contributed by atoms with E-state index in [1.807, 2.05) is 13.8 Å². The summed E-state index contributed by atoms with van der Waals surface area (Å²) in [4.78, 5) is 33.8. The van der Waals surface area contributed by atoms with Crippen LogP contribution in [0, 0.1) is 30.9 Å². The van der Waals surface area contributed by atoms with Gasteiger partial charge in [0, 0.05) is 6.08 Å². The van der Waals surface area contributed by atoms with Crippen molar-refractivity contribution in [3.8, 4) is 0 Å². The van der Waals surface area contributed by atoms with Crippen LogP contribution in [0.2, 0.25) is 0 Å². The van der Waals surface area contributed by atoms with Crippen LogP contribution in [0.25, 0.3) is 6.08 Å². The molecule has 0 aliphatic heterocycles. The highest BCUT2D eigenvalue weighted by Gasteiger charge is 2.04. The minimum Gasteiger partial charge on any atom is -0.460 e. The third-order valence-corrected chi connectivity index (χ3v) is 2.42. The Morgan fingerprint density at radius 1 is 1.20 bits per heavy atom. The fourth-order valence-corrected chi connectivity index (χ4v) is 1.34. The van der Waals surface area contributed by atoms with E-state index in [4.69, 9.17) is 4.74 Å². The van der Waals surface area contributed by atoms with Crippen LogP contribution in [0.4, 0.5) is 0 Å². The van der Waals surface area contributed by atoms with Crippen LogP contribution in [0.5, 0.6) is 0 Å². The summed E-state index contributed by atoms with van der Waals surface area (Å²) >= 11 is 0. The second kappa shape index (κ2) is 7.17. The summed E-state index contributed by atoms with van der Waals surface area (Å²) < 4.78 is 4.70. The van der Waals surface area contributed by atoms with E-state index < -0.39 is 11.1 Å². The first kappa shape index (κ1) is 15.5. The van der Waals surface area contributed by atoms with Gasteiger partial charge in [-0.05, 0) is 26.8 Å². The van der Waals surface area contributed by atoms with Crippen LogP contribution in [-0.2, 0) is 14.4 Å². The highest BCUT2D eigenvalue weighted by molar-refractivity contribution is 5.86. The van der Waals surface area contributed by atoms with Crippen LogP contribution < -0.4 is 0 Å². The third-order valence-electron chi connectivity index (χ3n) is 2.42. The van der Waals surface area contributed by atoms with Gasteiger partial charge in [0.05, 0.1) is 22.8 Å². The molecule has 0 saturated carbocycles. The number of ether oxygens (including phenoxy) is 1. The van der Waals surface area contributed by atoms with Gasteiger partial charge in [-0.25, -0.2) is 9.78 Å². The van der Waals surface area contributed by atoms with Crippen molar-refractivity contribution in [2.75, 3.05) is 13.2 Å². The van der Waals surface area contributed by atoms with Crippen molar-refractivity contribution < 1.29 is 19.5 Å². The zero-order valence-electron chi connectivity index (χ0n) is 11.5. The highest BCUT2D eigenvalue weighted by Crippen LogP contribution is 2.08. The average Bonchev–Trinajstić information content (AvgIpc) is 2.37. The van der Waals surface area contributed by atoms with E-state index in [0.717, 1.165) is 11.4 Å². The lowest BCUT2D eigenvalue weighted by molar-refractivity contribution is -0.757. The van der Waals surface area contributed by atoms with Crippen molar-refractivity contribution in [3.05, 3.63) is 39.0 Å². The predicted octanol–water partition coefficient (Wildman–Crippen LogP) is 1.17. The molecule has 8 heteroatoms. The molecule has 108 valence electrons. The van der Waals surface area contributed by atoms with Crippen molar-refractivity contribution in [3.63, 3.8) is 0 Å². The minimum absolute atomic E-state index is 0.193. The van der Waals surface area contributed by atoms with Gasteiger partial charge < -0.3 is 9.57 Å². The van der Waals surface area contributed by atoms with E-state index >= 15 is 0 Å². The monoisotopic (exact) mass is 281 g/mol. The second-order valence-corrected chi connectivity index (χ2v) is 3.92. The number of aryl methyl sites for hydroxylation is 3. The lowest BCUT2D eigenvalue weighted by Crippen LogP contribution is -2.11. The van der Waals surface area contributed by atoms with E-state index in [2.05, 4.69) is 14.8 Å². The first-order chi connectivity index (χ1) is 9.40. The number of hydrogen-bond donors (Lipinski definition) is 0. The first-order valence-corrected chi connectivity index (χ1v) is 5.84. The zero-order valence-corrected chi connectivity index (χ0v) is 11.5. The standard InChI is InChI=1S/C12H15N3O5/c1-8-9(2)14-11(10(3)13-8)4-5-12(16)19-6-7-20-15(17)18/h4-5H,6-7H2,1-3H3/b5-4+. The number of nitrogens with zero attached hydrogens (tertiary/aromatic N) is 3. The molecule has 0 bridgehead atoms. The van der Waals surface area contributed by atoms with Gasteiger partial charge >= 0.3 is 5.97 Å². The molecular formula is C12H15N3O5. The molecule has 0 atom stereocenters. The predicted molar refractivity (Wildman–Crippen MR) is 69.2 cm³/mol. The van der Waals surface area contributed by atoms with Crippen molar-refractivity contribution in [1.82, 2.24) is 9.97 Å². The SMILES string of the molecule is Cc1nc(C)c(/C=C/C(=O)OCCO[N+](=O)[O-])nc1C. The lowest BCUT2D eigenvalue weighted by Gasteiger charge is -2.04. The van der Waals surface area contributed by atoms with Crippen LogP contribution in [0.1, 0.15) is 22.8 Å². The van der Waals surface area contributed by atoms with Gasteiger partial charge in [0.15, 0.2) is 0 Å². The lowest BCUT2D eigenvalue weighted by atomic mass is 10.2. The minimum atomic E-state index is -0.947. The molecule has 1 heterocycles. The Morgan fingerprint density at radius 2 is 1.85 bits per heavy atom. The highest BCUT2D eigenvalue weighted by atomic mass is 17.0. The van der Waals surface area contributed by atoms with Crippen LogP contribution in [0.15, 0.2) is 6.08 Å². The van der Waals surface area contributed by atoms with Gasteiger partial charge in [-0.2, -0.15) is 0 Å². The van der Waals surface area contributed by atoms with E-state index in [1.165, 1.54) is 12.2 Å². The Hall–Kier alpha value is -2.51. The topological polar surface area (TPSA) is 104 Å². The van der Waals surface area contributed by atoms with Crippen LogP contribution in [-0.4, -0.2) is 34.2 Å². The molecule has 1 aromatic heterocycles. The molecule has 8 nitrogen and oxygen atoms in total. The molecule has 0 saturated heterocycles. The van der Waals surface area contributed by atoms with Crippen molar-refractivity contribution >= 4 is 12.0 Å². The fraction of sp³-hybridized carbons (Fsp3) is 0.417. The van der Waals surface area contributed by atoms with E-state index in [0.29, 0.717) is 11.4 Å². The van der Waals surface area contributed by atoms with Crippen molar-refractivity contribution in [2.24, 2.45) is 0 Å². The maximum absolute atomic E-state index is 11.3. The van der Waals surface area contributed by atoms with Gasteiger partial charge in [0.2, 0.25) is 0 Å². The summed E-state index contributed by atoms with van der Waals surface area (Å²) in [5, 5.41) is 8.92. The van der Waals surface area contributed by atoms with Crippen molar-refractivity contribution in [1.29, 1.82) is 0 Å². The number of esters is 1. The maximum Gasteiger partial charge on any atom is 0.330 e. The third kappa shape index (κ3) is 5.01. The molecule has 20 heavy (non-hydrogen) atoms. The molecular weight excluding hydrogens is 266 g/mol. The number of carbonyl (C=O) groups is 1. The average molecular weight is 281 g/mol. The second-order valence-electron chi connectivity index (χ2n) is 3.92. The van der Waals surface area contributed by atoms with Crippen LogP contribution >= 0.6 is 0 Å². The summed E-state index contributed by atoms with van der Waals surface area (Å²) in [7, 11) is 0. The molecule has 0 unspecified atom stereocenters. The van der Waals surface area contributed by atoms with Crippen molar-refractivity contribution in [2.45, 2.75) is 20.8 Å². The Kier molecular flexibility index (Phi) is 5.57. The summed E-state index contributed by atoms with van der Waals surface area (Å²) in [5.74, 6) is -0.628. The summed E-state index contributed by atoms with van der Waals surface area (Å²) in [6.45, 7) is 4.98. The van der Waals surface area contributed by atoms with Gasteiger partial charge in [-0.3, -0.25) is 4.98 Å². The molecule has 0 fully saturated rings. The number of rotatable bonds is 6. The Labute approximate surface area is 115 Å². The van der Waals surface area contributed by atoms with E-state index in [9.17, 15) is 14.9 Å². The number of aromatic nitrogens is 2. The van der Waals surface area contributed by atoms with Crippen LogP contribution in [0.3, 0.4) is 0 Å². The molecule has 0 aliphatic rings. The Morgan fingerprint density at radius 3 is 2.50 bits per heavy atom. The normalized spacial score (nSPS) is 10.6. The number of carbonyl (C=O) groups excluding carboxylic acids is 1. The summed E-state index contributed by atoms with van der Waals surface area (Å²) in [5.41, 5.74) is 2.89. The van der Waals surface area contributed by atoms with Gasteiger partial charge in [0.1, 0.15) is 13.2 Å². The molecule has 0 aromatic carbocycles. The quantitative estimate of drug-likeness (QED) is 0.253. The first-order valence-electron chi connectivity index (χ1n) is 5.84.